The van der Waals surface area contributed by atoms with Gasteiger partial charge in [-0.3, -0.25) is 0 Å². The van der Waals surface area contributed by atoms with Gasteiger partial charge < -0.3 is 25.0 Å². The number of piperidine rings is 1. The van der Waals surface area contributed by atoms with Crippen LogP contribution in [-0.2, 0) is 13.0 Å². The molecule has 6 rings (SSSR count). The number of rotatable bonds is 8. The number of aromatic nitrogens is 3. The fourth-order valence-corrected chi connectivity index (χ4v) is 6.27. The second-order valence-electron chi connectivity index (χ2n) is 10.8. The van der Waals surface area contributed by atoms with Crippen molar-refractivity contribution in [2.24, 2.45) is 5.92 Å². The average Bonchev–Trinajstić information content (AvgIpc) is 3.26. The Kier molecular flexibility index (Phi) is 7.04. The first-order chi connectivity index (χ1) is 18.6. The Morgan fingerprint density at radius 2 is 1.82 bits per heavy atom. The molecule has 0 radical (unpaired) electrons. The molecule has 1 aliphatic carbocycles. The molecule has 0 unspecified atom stereocenters. The topological polar surface area (TPSA) is 89.4 Å². The predicted molar refractivity (Wildman–Crippen MR) is 151 cm³/mol. The van der Waals surface area contributed by atoms with E-state index in [1.54, 1.807) is 6.33 Å². The van der Waals surface area contributed by atoms with Crippen LogP contribution in [0.1, 0.15) is 49.9 Å². The number of nitrogens with zero attached hydrogens (tertiary/aromatic N) is 4. The molecule has 0 amide bonds. The number of likely N-dealkylation sites (tertiary alicyclic amines) is 1. The lowest BCUT2D eigenvalue weighted by molar-refractivity contribution is 0.0566. The van der Waals surface area contributed by atoms with Crippen molar-refractivity contribution >= 4 is 16.9 Å². The number of aliphatic hydroxyl groups excluding tert-OH is 1. The molecule has 4 aromatic rings. The van der Waals surface area contributed by atoms with Crippen LogP contribution in [0.25, 0.3) is 22.2 Å². The Morgan fingerprint density at radius 3 is 2.58 bits per heavy atom. The van der Waals surface area contributed by atoms with Crippen LogP contribution >= 0.6 is 0 Å². The molecule has 2 aromatic carbocycles. The van der Waals surface area contributed by atoms with E-state index in [1.165, 1.54) is 5.69 Å². The Hall–Kier alpha value is -3.42. The van der Waals surface area contributed by atoms with Gasteiger partial charge in [-0.2, -0.15) is 0 Å². The summed E-state index contributed by atoms with van der Waals surface area (Å²) in [6.45, 7) is 5.87. The quantitative estimate of drug-likeness (QED) is 0.337. The van der Waals surface area contributed by atoms with Gasteiger partial charge >= 0.3 is 0 Å². The molecule has 3 heterocycles. The van der Waals surface area contributed by atoms with Gasteiger partial charge in [0.25, 0.3) is 0 Å². The molecule has 2 aliphatic rings. The van der Waals surface area contributed by atoms with Crippen LogP contribution in [0.2, 0.25) is 0 Å². The maximum Gasteiger partial charge on any atom is 0.146 e. The number of nitrogens with two attached hydrogens (primary N) is 1. The summed E-state index contributed by atoms with van der Waals surface area (Å²) in [5, 5.41) is 10.8. The van der Waals surface area contributed by atoms with E-state index in [9.17, 15) is 5.11 Å². The van der Waals surface area contributed by atoms with E-state index in [0.717, 1.165) is 85.2 Å². The summed E-state index contributed by atoms with van der Waals surface area (Å²) in [4.78, 5) is 11.6. The SMILES string of the molecule is CCc1c(-c2cccc(OCc3ccccc3)c2)c2c(N)ncnc2n1C1CC(CN2CCC(O)CC2)C1. The summed E-state index contributed by atoms with van der Waals surface area (Å²) in [5.41, 5.74) is 12.0. The molecule has 3 N–H and O–H groups in total. The largest absolute Gasteiger partial charge is 0.489 e. The van der Waals surface area contributed by atoms with Crippen LogP contribution in [0.3, 0.4) is 0 Å². The van der Waals surface area contributed by atoms with Crippen molar-refractivity contribution < 1.29 is 9.84 Å². The first kappa shape index (κ1) is 24.9. The van der Waals surface area contributed by atoms with Crippen LogP contribution in [-0.4, -0.2) is 50.3 Å². The smallest absolute Gasteiger partial charge is 0.146 e. The van der Waals surface area contributed by atoms with Crippen molar-refractivity contribution in [1.82, 2.24) is 19.4 Å². The molecule has 198 valence electrons. The molecule has 2 aromatic heterocycles. The Morgan fingerprint density at radius 1 is 1.03 bits per heavy atom. The summed E-state index contributed by atoms with van der Waals surface area (Å²) < 4.78 is 8.60. The molecular formula is C31H37N5O2. The molecular weight excluding hydrogens is 474 g/mol. The van der Waals surface area contributed by atoms with Gasteiger partial charge in [-0.1, -0.05) is 49.4 Å². The van der Waals surface area contributed by atoms with E-state index in [0.29, 0.717) is 24.4 Å². The zero-order chi connectivity index (χ0) is 26.1. The monoisotopic (exact) mass is 511 g/mol. The Balaban J connectivity index is 1.28. The number of nitrogen functional groups attached to an aromatic ring is 1. The van der Waals surface area contributed by atoms with Gasteiger partial charge in [-0.15, -0.1) is 0 Å². The van der Waals surface area contributed by atoms with Crippen LogP contribution in [0.15, 0.2) is 60.9 Å². The maximum absolute atomic E-state index is 9.84. The zero-order valence-corrected chi connectivity index (χ0v) is 22.1. The number of benzene rings is 2. The maximum atomic E-state index is 9.84. The summed E-state index contributed by atoms with van der Waals surface area (Å²) >= 11 is 0. The number of anilines is 1. The molecule has 1 aliphatic heterocycles. The van der Waals surface area contributed by atoms with E-state index in [4.69, 9.17) is 15.5 Å². The molecule has 1 saturated carbocycles. The first-order valence-electron chi connectivity index (χ1n) is 13.9. The third kappa shape index (κ3) is 4.88. The minimum absolute atomic E-state index is 0.121. The molecule has 7 nitrogen and oxygen atoms in total. The van der Waals surface area contributed by atoms with Crippen LogP contribution in [0.5, 0.6) is 5.75 Å². The Bertz CT molecular complexity index is 1390. The van der Waals surface area contributed by atoms with Crippen molar-refractivity contribution in [1.29, 1.82) is 0 Å². The molecule has 0 spiro atoms. The lowest BCUT2D eigenvalue weighted by Crippen LogP contribution is -2.42. The van der Waals surface area contributed by atoms with Gasteiger partial charge in [0, 0.05) is 36.9 Å². The molecule has 1 saturated heterocycles. The van der Waals surface area contributed by atoms with Crippen molar-refractivity contribution in [3.05, 3.63) is 72.2 Å². The minimum Gasteiger partial charge on any atom is -0.489 e. The summed E-state index contributed by atoms with van der Waals surface area (Å²) in [5.74, 6) is 2.03. The number of aliphatic hydroxyl groups is 1. The van der Waals surface area contributed by atoms with Crippen LogP contribution in [0, 0.1) is 5.92 Å². The van der Waals surface area contributed by atoms with E-state index in [-0.39, 0.29) is 6.10 Å². The van der Waals surface area contributed by atoms with Crippen LogP contribution < -0.4 is 10.5 Å². The standard InChI is InChI=1S/C31H37N5O2/c1-2-27-28(23-9-6-10-26(17-23)38-19-21-7-4-3-5-8-21)29-30(32)33-20-34-31(29)36(27)24-15-22(16-24)18-35-13-11-25(37)12-14-35/h3-10,17,20,22,24-25,37H,2,11-16,18-19H2,1H3,(H2,32,33,34). The van der Waals surface area contributed by atoms with Gasteiger partial charge in [0.05, 0.1) is 11.5 Å². The number of fused-ring (bicyclic) bond motifs is 1. The normalized spacial score (nSPS) is 20.5. The van der Waals surface area contributed by atoms with Crippen molar-refractivity contribution in [3.63, 3.8) is 0 Å². The van der Waals surface area contributed by atoms with E-state index < -0.39 is 0 Å². The van der Waals surface area contributed by atoms with Crippen molar-refractivity contribution in [2.75, 3.05) is 25.4 Å². The second-order valence-corrected chi connectivity index (χ2v) is 10.8. The lowest BCUT2D eigenvalue weighted by Gasteiger charge is -2.41. The highest BCUT2D eigenvalue weighted by Crippen LogP contribution is 2.46. The first-order valence-corrected chi connectivity index (χ1v) is 13.9. The number of hydrogen-bond donors (Lipinski definition) is 2. The van der Waals surface area contributed by atoms with Crippen LogP contribution in [0.4, 0.5) is 5.82 Å². The third-order valence-electron chi connectivity index (χ3n) is 8.27. The third-order valence-corrected chi connectivity index (χ3v) is 8.27. The van der Waals surface area contributed by atoms with E-state index >= 15 is 0 Å². The van der Waals surface area contributed by atoms with Crippen molar-refractivity contribution in [2.45, 2.75) is 57.8 Å². The van der Waals surface area contributed by atoms with Crippen molar-refractivity contribution in [3.8, 4) is 16.9 Å². The van der Waals surface area contributed by atoms with Gasteiger partial charge in [-0.05, 0) is 61.3 Å². The highest BCUT2D eigenvalue weighted by atomic mass is 16.5. The van der Waals surface area contributed by atoms with Gasteiger partial charge in [0.2, 0.25) is 0 Å². The summed E-state index contributed by atoms with van der Waals surface area (Å²) in [6, 6.07) is 18.9. The summed E-state index contributed by atoms with van der Waals surface area (Å²) in [7, 11) is 0. The lowest BCUT2D eigenvalue weighted by atomic mass is 9.79. The zero-order valence-electron chi connectivity index (χ0n) is 22.1. The van der Waals surface area contributed by atoms with E-state index in [2.05, 4.69) is 45.6 Å². The number of hydrogen-bond acceptors (Lipinski definition) is 6. The fourth-order valence-electron chi connectivity index (χ4n) is 6.27. The number of ether oxygens (including phenoxy) is 1. The summed E-state index contributed by atoms with van der Waals surface area (Å²) in [6.07, 6.45) is 6.42. The fraction of sp³-hybridized carbons (Fsp3) is 0.419. The van der Waals surface area contributed by atoms with E-state index in [1.807, 2.05) is 30.3 Å². The molecule has 2 fully saturated rings. The van der Waals surface area contributed by atoms with Gasteiger partial charge in [0.1, 0.15) is 30.1 Å². The molecule has 0 bridgehead atoms. The highest BCUT2D eigenvalue weighted by Gasteiger charge is 2.36. The second kappa shape index (κ2) is 10.8. The van der Waals surface area contributed by atoms with Gasteiger partial charge in [0.15, 0.2) is 0 Å². The predicted octanol–water partition coefficient (Wildman–Crippen LogP) is 5.23. The molecule has 38 heavy (non-hydrogen) atoms. The molecule has 0 atom stereocenters. The molecule has 7 heteroatoms. The minimum atomic E-state index is -0.121. The Labute approximate surface area is 224 Å². The van der Waals surface area contributed by atoms with Gasteiger partial charge in [-0.25, -0.2) is 9.97 Å². The highest BCUT2D eigenvalue weighted by molar-refractivity contribution is 6.02. The average molecular weight is 512 g/mol.